The number of anilines is 1. The number of nitrogens with zero attached hydrogens (tertiary/aromatic N) is 2. The molecular weight excluding hydrogens is 344 g/mol. The fraction of sp³-hybridized carbons (Fsp3) is 0.0769. The third kappa shape index (κ3) is 3.20. The van der Waals surface area contributed by atoms with E-state index in [1.165, 1.54) is 12.4 Å². The van der Waals surface area contributed by atoms with Crippen molar-refractivity contribution in [2.75, 3.05) is 5.32 Å². The number of rotatable bonds is 4. The molecule has 6 nitrogen and oxygen atoms in total. The van der Waals surface area contributed by atoms with Crippen molar-refractivity contribution in [2.45, 2.75) is 10.8 Å². The zero-order valence-electron chi connectivity index (χ0n) is 11.2. The predicted octanol–water partition coefficient (Wildman–Crippen LogP) is 2.60. The third-order valence-electron chi connectivity index (χ3n) is 2.95. The lowest BCUT2D eigenvalue weighted by Crippen LogP contribution is -2.09. The van der Waals surface area contributed by atoms with E-state index in [0.717, 1.165) is 27.1 Å². The molecule has 0 amide bonds. The number of hydrogen-bond donors (Lipinski definition) is 2. The summed E-state index contributed by atoms with van der Waals surface area (Å²) >= 11 is 7.07. The molecule has 3 N–H and O–H groups in total. The first kappa shape index (κ1) is 15.2. The molecule has 0 unspecified atom stereocenters. The molecule has 2 heterocycles. The van der Waals surface area contributed by atoms with Crippen molar-refractivity contribution >= 4 is 49.7 Å². The minimum Gasteiger partial charge on any atom is -0.365 e. The zero-order chi connectivity index (χ0) is 15.7. The van der Waals surface area contributed by atoms with E-state index in [2.05, 4.69) is 15.3 Å². The largest absolute Gasteiger partial charge is 0.365 e. The Kier molecular flexibility index (Phi) is 4.00. The number of nitrogens with two attached hydrogens (primary N) is 1. The number of hydrogen-bond acceptors (Lipinski definition) is 6. The van der Waals surface area contributed by atoms with Crippen LogP contribution in [0.4, 0.5) is 5.82 Å². The molecule has 0 aliphatic carbocycles. The zero-order valence-corrected chi connectivity index (χ0v) is 13.5. The molecule has 0 radical (unpaired) electrons. The summed E-state index contributed by atoms with van der Waals surface area (Å²) in [7, 11) is -3.65. The van der Waals surface area contributed by atoms with Gasteiger partial charge in [0.05, 0.1) is 12.1 Å². The fourth-order valence-corrected chi connectivity index (χ4v) is 3.83. The maximum absolute atomic E-state index is 11.3. The molecule has 0 aliphatic rings. The number of aromatic nitrogens is 2. The Hall–Kier alpha value is -1.74. The Labute approximate surface area is 136 Å². The quantitative estimate of drug-likeness (QED) is 0.750. The van der Waals surface area contributed by atoms with Crippen LogP contribution in [0.3, 0.4) is 0 Å². The number of fused-ring (bicyclic) bond motifs is 1. The van der Waals surface area contributed by atoms with Gasteiger partial charge in [-0.1, -0.05) is 11.6 Å². The SMILES string of the molecule is NS(=O)(=O)c1ccc(CNc2ncnc3cc(Cl)ccc23)s1. The number of primary sulfonamides is 1. The van der Waals surface area contributed by atoms with E-state index < -0.39 is 10.0 Å². The van der Waals surface area contributed by atoms with Gasteiger partial charge in [-0.25, -0.2) is 23.5 Å². The molecule has 0 saturated carbocycles. The molecule has 0 spiro atoms. The van der Waals surface area contributed by atoms with Crippen molar-refractivity contribution < 1.29 is 8.42 Å². The Morgan fingerprint density at radius 1 is 1.23 bits per heavy atom. The lowest BCUT2D eigenvalue weighted by molar-refractivity contribution is 0.600. The first-order chi connectivity index (χ1) is 10.4. The van der Waals surface area contributed by atoms with E-state index >= 15 is 0 Å². The highest BCUT2D eigenvalue weighted by molar-refractivity contribution is 7.91. The van der Waals surface area contributed by atoms with Gasteiger partial charge in [0.2, 0.25) is 10.0 Å². The van der Waals surface area contributed by atoms with Crippen LogP contribution in [0.2, 0.25) is 5.02 Å². The van der Waals surface area contributed by atoms with Gasteiger partial charge in [-0.15, -0.1) is 11.3 Å². The van der Waals surface area contributed by atoms with E-state index in [0.29, 0.717) is 17.4 Å². The monoisotopic (exact) mass is 354 g/mol. The second-order valence-corrected chi connectivity index (χ2v) is 7.90. The van der Waals surface area contributed by atoms with Gasteiger partial charge in [0.1, 0.15) is 16.4 Å². The molecule has 1 aromatic carbocycles. The lowest BCUT2D eigenvalue weighted by atomic mass is 10.2. The number of halogens is 1. The van der Waals surface area contributed by atoms with Crippen LogP contribution >= 0.6 is 22.9 Å². The van der Waals surface area contributed by atoms with Gasteiger partial charge in [0.15, 0.2) is 0 Å². The summed E-state index contributed by atoms with van der Waals surface area (Å²) in [6.45, 7) is 0.439. The summed E-state index contributed by atoms with van der Waals surface area (Å²) in [4.78, 5) is 9.21. The smallest absolute Gasteiger partial charge is 0.247 e. The summed E-state index contributed by atoms with van der Waals surface area (Å²) in [6, 6.07) is 8.58. The van der Waals surface area contributed by atoms with Gasteiger partial charge >= 0.3 is 0 Å². The van der Waals surface area contributed by atoms with Gasteiger partial charge in [-0.3, -0.25) is 0 Å². The van der Waals surface area contributed by atoms with E-state index in [1.54, 1.807) is 18.2 Å². The Bertz CT molecular complexity index is 940. The predicted molar refractivity (Wildman–Crippen MR) is 87.6 cm³/mol. The highest BCUT2D eigenvalue weighted by Crippen LogP contribution is 2.25. The second kappa shape index (κ2) is 5.81. The molecular formula is C13H11ClN4O2S2. The second-order valence-electron chi connectivity index (χ2n) is 4.50. The van der Waals surface area contributed by atoms with E-state index in [-0.39, 0.29) is 4.21 Å². The van der Waals surface area contributed by atoms with E-state index in [9.17, 15) is 8.42 Å². The van der Waals surface area contributed by atoms with Crippen molar-refractivity contribution in [3.8, 4) is 0 Å². The maximum atomic E-state index is 11.3. The van der Waals surface area contributed by atoms with Crippen LogP contribution in [0.15, 0.2) is 40.9 Å². The van der Waals surface area contributed by atoms with Gasteiger partial charge in [-0.05, 0) is 30.3 Å². The Morgan fingerprint density at radius 3 is 2.77 bits per heavy atom. The molecule has 3 aromatic rings. The molecule has 0 bridgehead atoms. The number of thiophene rings is 1. The van der Waals surface area contributed by atoms with Crippen LogP contribution in [0.1, 0.15) is 4.88 Å². The highest BCUT2D eigenvalue weighted by Gasteiger charge is 2.11. The standard InChI is InChI=1S/C13H11ClN4O2S2/c14-8-1-3-10-11(5-8)17-7-18-13(10)16-6-9-2-4-12(21-9)22(15,19)20/h1-5,7H,6H2,(H2,15,19,20)(H,16,17,18). The van der Waals surface area contributed by atoms with E-state index in [1.807, 2.05) is 6.07 Å². The molecule has 0 aliphatic heterocycles. The average Bonchev–Trinajstić information content (AvgIpc) is 2.93. The van der Waals surface area contributed by atoms with Gasteiger partial charge in [0.25, 0.3) is 0 Å². The highest BCUT2D eigenvalue weighted by atomic mass is 35.5. The summed E-state index contributed by atoms with van der Waals surface area (Å²) in [5, 5.41) is 9.71. The topological polar surface area (TPSA) is 98.0 Å². The van der Waals surface area contributed by atoms with Gasteiger partial charge < -0.3 is 5.32 Å². The summed E-state index contributed by atoms with van der Waals surface area (Å²) in [5.41, 5.74) is 0.737. The molecule has 3 rings (SSSR count). The molecule has 114 valence electrons. The summed E-state index contributed by atoms with van der Waals surface area (Å²) in [5.74, 6) is 0.659. The van der Waals surface area contributed by atoms with Crippen LogP contribution in [0, 0.1) is 0 Å². The first-order valence-corrected chi connectivity index (χ1v) is 8.93. The van der Waals surface area contributed by atoms with Crippen LogP contribution in [-0.4, -0.2) is 18.4 Å². The summed E-state index contributed by atoms with van der Waals surface area (Å²) in [6.07, 6.45) is 1.45. The van der Waals surface area contributed by atoms with Crippen molar-refractivity contribution in [3.63, 3.8) is 0 Å². The van der Waals surface area contributed by atoms with Crippen LogP contribution in [-0.2, 0) is 16.6 Å². The fourth-order valence-electron chi connectivity index (χ4n) is 1.95. The third-order valence-corrected chi connectivity index (χ3v) is 5.70. The normalized spacial score (nSPS) is 11.7. The minimum atomic E-state index is -3.65. The lowest BCUT2D eigenvalue weighted by Gasteiger charge is -2.07. The Morgan fingerprint density at radius 2 is 2.05 bits per heavy atom. The van der Waals surface area contributed by atoms with Gasteiger partial charge in [-0.2, -0.15) is 0 Å². The van der Waals surface area contributed by atoms with Crippen LogP contribution in [0.25, 0.3) is 10.9 Å². The molecule has 0 saturated heterocycles. The molecule has 9 heteroatoms. The molecule has 0 atom stereocenters. The average molecular weight is 355 g/mol. The minimum absolute atomic E-state index is 0.142. The van der Waals surface area contributed by atoms with Crippen molar-refractivity contribution in [1.82, 2.24) is 9.97 Å². The van der Waals surface area contributed by atoms with Gasteiger partial charge in [0, 0.05) is 15.3 Å². The van der Waals surface area contributed by atoms with E-state index in [4.69, 9.17) is 16.7 Å². The maximum Gasteiger partial charge on any atom is 0.247 e. The molecule has 2 aromatic heterocycles. The number of nitrogens with one attached hydrogen (secondary N) is 1. The Balaban J connectivity index is 1.84. The molecule has 22 heavy (non-hydrogen) atoms. The first-order valence-electron chi connectivity index (χ1n) is 6.19. The number of benzene rings is 1. The van der Waals surface area contributed by atoms with Crippen molar-refractivity contribution in [1.29, 1.82) is 0 Å². The van der Waals surface area contributed by atoms with Crippen LogP contribution < -0.4 is 10.5 Å². The van der Waals surface area contributed by atoms with Crippen LogP contribution in [0.5, 0.6) is 0 Å². The molecule has 0 fully saturated rings. The summed E-state index contributed by atoms with van der Waals surface area (Å²) < 4.78 is 22.7. The van der Waals surface area contributed by atoms with Crippen molar-refractivity contribution in [3.05, 3.63) is 46.6 Å². The number of sulfonamides is 1. The van der Waals surface area contributed by atoms with Crippen molar-refractivity contribution in [2.24, 2.45) is 5.14 Å².